The maximum atomic E-state index is 11.1. The van der Waals surface area contributed by atoms with Gasteiger partial charge in [-0.25, -0.2) is 0 Å². The van der Waals surface area contributed by atoms with Gasteiger partial charge in [-0.15, -0.1) is 0 Å². The fourth-order valence-corrected chi connectivity index (χ4v) is 2.46. The van der Waals surface area contributed by atoms with Gasteiger partial charge in [0, 0.05) is 0 Å². The average Bonchev–Trinajstić information content (AvgIpc) is 2.51. The highest BCUT2D eigenvalue weighted by molar-refractivity contribution is 8.19. The van der Waals surface area contributed by atoms with Crippen LogP contribution in [0, 0.1) is 13.8 Å². The zero-order valence-corrected chi connectivity index (χ0v) is 10.7. The molecule has 0 unspecified atom stereocenters. The minimum absolute atomic E-state index is 0.0971. The zero-order chi connectivity index (χ0) is 11.7. The van der Waals surface area contributed by atoms with Crippen LogP contribution in [0.15, 0.2) is 23.1 Å². The minimum Gasteiger partial charge on any atom is -0.307 e. The normalized spacial score (nSPS) is 18.0. The summed E-state index contributed by atoms with van der Waals surface area (Å²) in [6.07, 6.45) is 1.94. The van der Waals surface area contributed by atoms with Crippen LogP contribution in [0.2, 0.25) is 0 Å². The zero-order valence-electron chi connectivity index (χ0n) is 9.03. The quantitative estimate of drug-likeness (QED) is 0.610. The lowest BCUT2D eigenvalue weighted by Gasteiger charge is -2.01. The Morgan fingerprint density at radius 2 is 2.06 bits per heavy atom. The molecule has 1 aliphatic rings. The van der Waals surface area contributed by atoms with E-state index in [9.17, 15) is 4.79 Å². The molecule has 0 bridgehead atoms. The van der Waals surface area contributed by atoms with Crippen molar-refractivity contribution in [3.8, 4) is 0 Å². The van der Waals surface area contributed by atoms with E-state index in [1.54, 1.807) is 0 Å². The molecule has 1 amide bonds. The van der Waals surface area contributed by atoms with Gasteiger partial charge in [-0.1, -0.05) is 30.4 Å². The van der Waals surface area contributed by atoms with E-state index < -0.39 is 0 Å². The highest BCUT2D eigenvalue weighted by Gasteiger charge is 2.21. The highest BCUT2D eigenvalue weighted by atomic mass is 32.2. The van der Waals surface area contributed by atoms with E-state index in [1.165, 1.54) is 11.1 Å². The average molecular weight is 249 g/mol. The van der Waals surface area contributed by atoms with Crippen molar-refractivity contribution in [2.75, 3.05) is 0 Å². The molecule has 82 valence electrons. The van der Waals surface area contributed by atoms with E-state index >= 15 is 0 Å². The van der Waals surface area contributed by atoms with Gasteiger partial charge in [-0.2, -0.15) is 0 Å². The number of hydrogen-bond acceptors (Lipinski definition) is 3. The third-order valence-electron chi connectivity index (χ3n) is 2.47. The van der Waals surface area contributed by atoms with Crippen molar-refractivity contribution in [3.05, 3.63) is 39.8 Å². The summed E-state index contributed by atoms with van der Waals surface area (Å²) >= 11 is 6.20. The van der Waals surface area contributed by atoms with Crippen molar-refractivity contribution in [2.24, 2.45) is 0 Å². The van der Waals surface area contributed by atoms with Gasteiger partial charge in [0.15, 0.2) is 0 Å². The van der Waals surface area contributed by atoms with Crippen LogP contribution in [-0.2, 0) is 0 Å². The highest BCUT2D eigenvalue weighted by Crippen LogP contribution is 2.26. The van der Waals surface area contributed by atoms with Crippen molar-refractivity contribution < 1.29 is 4.79 Å². The Kier molecular flexibility index (Phi) is 3.12. The van der Waals surface area contributed by atoms with Crippen LogP contribution >= 0.6 is 24.0 Å². The Morgan fingerprint density at radius 3 is 2.62 bits per heavy atom. The topological polar surface area (TPSA) is 29.1 Å². The standard InChI is InChI=1S/C12H11NOS2/c1-7-3-4-9(5-8(7)2)6-10-11(15)13-12(14)16-10/h3-6H,1-2H3,(H,13,14,15)/b10-6-. The first kappa shape index (κ1) is 11.4. The van der Waals surface area contributed by atoms with Crippen LogP contribution in [0.1, 0.15) is 16.7 Å². The summed E-state index contributed by atoms with van der Waals surface area (Å²) in [6.45, 7) is 4.15. The van der Waals surface area contributed by atoms with Gasteiger partial charge in [-0.05, 0) is 48.4 Å². The number of hydrogen-bond donors (Lipinski definition) is 1. The Morgan fingerprint density at radius 1 is 1.31 bits per heavy atom. The molecule has 4 heteroatoms. The predicted octanol–water partition coefficient (Wildman–Crippen LogP) is 3.43. The number of thioether (sulfide) groups is 1. The van der Waals surface area contributed by atoms with Crippen molar-refractivity contribution in [2.45, 2.75) is 13.8 Å². The molecule has 1 N–H and O–H groups in total. The number of benzene rings is 1. The molecule has 1 saturated heterocycles. The van der Waals surface area contributed by atoms with E-state index in [-0.39, 0.29) is 5.24 Å². The smallest absolute Gasteiger partial charge is 0.289 e. The Labute approximate surface area is 104 Å². The van der Waals surface area contributed by atoms with Gasteiger partial charge in [-0.3, -0.25) is 4.79 Å². The molecule has 2 nitrogen and oxygen atoms in total. The molecule has 0 saturated carbocycles. The lowest BCUT2D eigenvalue weighted by atomic mass is 10.1. The van der Waals surface area contributed by atoms with Crippen LogP contribution in [-0.4, -0.2) is 10.2 Å². The molecule has 1 fully saturated rings. The lowest BCUT2D eigenvalue weighted by Crippen LogP contribution is -2.15. The summed E-state index contributed by atoms with van der Waals surface area (Å²) in [7, 11) is 0. The molecule has 0 spiro atoms. The second-order valence-electron chi connectivity index (χ2n) is 3.70. The van der Waals surface area contributed by atoms with E-state index in [2.05, 4.69) is 31.3 Å². The van der Waals surface area contributed by atoms with E-state index in [4.69, 9.17) is 12.2 Å². The van der Waals surface area contributed by atoms with E-state index in [1.807, 2.05) is 12.1 Å². The Hall–Kier alpha value is -1.13. The first-order valence-electron chi connectivity index (χ1n) is 4.88. The molecule has 0 aromatic heterocycles. The third-order valence-corrected chi connectivity index (χ3v) is 3.75. The maximum Gasteiger partial charge on any atom is 0.289 e. The van der Waals surface area contributed by atoms with Crippen LogP contribution in [0.5, 0.6) is 0 Å². The summed E-state index contributed by atoms with van der Waals surface area (Å²) in [4.78, 5) is 12.4. The largest absolute Gasteiger partial charge is 0.307 e. The summed E-state index contributed by atoms with van der Waals surface area (Å²) in [6, 6.07) is 6.19. The number of nitrogens with one attached hydrogen (secondary N) is 1. The van der Waals surface area contributed by atoms with Gasteiger partial charge in [0.2, 0.25) is 0 Å². The van der Waals surface area contributed by atoms with Crippen LogP contribution in [0.25, 0.3) is 6.08 Å². The molecule has 16 heavy (non-hydrogen) atoms. The van der Waals surface area contributed by atoms with Gasteiger partial charge < -0.3 is 5.32 Å². The fourth-order valence-electron chi connectivity index (χ4n) is 1.43. The molecule has 0 radical (unpaired) electrons. The molecular weight excluding hydrogens is 238 g/mol. The second kappa shape index (κ2) is 4.39. The number of aryl methyl sites for hydroxylation is 2. The van der Waals surface area contributed by atoms with Crippen molar-refractivity contribution in [1.29, 1.82) is 0 Å². The second-order valence-corrected chi connectivity index (χ2v) is 5.12. The molecule has 1 heterocycles. The number of rotatable bonds is 1. The van der Waals surface area contributed by atoms with Crippen molar-refractivity contribution >= 4 is 40.3 Å². The van der Waals surface area contributed by atoms with Gasteiger partial charge in [0.1, 0.15) is 4.99 Å². The summed E-state index contributed by atoms with van der Waals surface area (Å²) in [5.74, 6) is 0. The molecule has 0 atom stereocenters. The minimum atomic E-state index is -0.0971. The predicted molar refractivity (Wildman–Crippen MR) is 72.6 cm³/mol. The van der Waals surface area contributed by atoms with Crippen molar-refractivity contribution in [3.63, 3.8) is 0 Å². The maximum absolute atomic E-state index is 11.1. The first-order valence-corrected chi connectivity index (χ1v) is 6.11. The SMILES string of the molecule is Cc1ccc(/C=C2\SC(=O)NC2=S)cc1C. The fraction of sp³-hybridized carbons (Fsp3) is 0.167. The summed E-state index contributed by atoms with van der Waals surface area (Å²) in [5, 5.41) is 2.50. The third kappa shape index (κ3) is 2.33. The van der Waals surface area contributed by atoms with Crippen LogP contribution in [0.4, 0.5) is 4.79 Å². The molecule has 0 aliphatic carbocycles. The number of carbonyl (C=O) groups excluding carboxylic acids is 1. The molecule has 2 rings (SSSR count). The molecule has 1 aromatic rings. The van der Waals surface area contributed by atoms with Gasteiger partial charge in [0.05, 0.1) is 4.91 Å². The van der Waals surface area contributed by atoms with Gasteiger partial charge in [0.25, 0.3) is 5.24 Å². The van der Waals surface area contributed by atoms with E-state index in [0.717, 1.165) is 22.2 Å². The summed E-state index contributed by atoms with van der Waals surface area (Å²) in [5.41, 5.74) is 3.57. The molecule has 1 aliphatic heterocycles. The first-order chi connectivity index (χ1) is 7.56. The van der Waals surface area contributed by atoms with Crippen LogP contribution in [0.3, 0.4) is 0 Å². The number of amides is 1. The van der Waals surface area contributed by atoms with Crippen LogP contribution < -0.4 is 5.32 Å². The number of thiocarbonyl (C=S) groups is 1. The summed E-state index contributed by atoms with van der Waals surface area (Å²) < 4.78 is 0. The number of carbonyl (C=O) groups is 1. The molecular formula is C12H11NOS2. The Bertz CT molecular complexity index is 506. The van der Waals surface area contributed by atoms with E-state index in [0.29, 0.717) is 4.99 Å². The van der Waals surface area contributed by atoms with Crippen molar-refractivity contribution in [1.82, 2.24) is 5.32 Å². The Balaban J connectivity index is 2.32. The molecule has 1 aromatic carbocycles. The lowest BCUT2D eigenvalue weighted by molar-refractivity contribution is 0.265. The van der Waals surface area contributed by atoms with Gasteiger partial charge >= 0.3 is 0 Å². The monoisotopic (exact) mass is 249 g/mol.